The lowest BCUT2D eigenvalue weighted by Gasteiger charge is -2.24. The molecule has 0 aliphatic carbocycles. The van der Waals surface area contributed by atoms with E-state index in [2.05, 4.69) is 38.2 Å². The molecule has 0 heterocycles. The first-order chi connectivity index (χ1) is 29.5. The van der Waals surface area contributed by atoms with Crippen molar-refractivity contribution in [3.63, 3.8) is 0 Å². The Morgan fingerprint density at radius 2 is 0.800 bits per heavy atom. The second-order valence-corrected chi connectivity index (χ2v) is 18.6. The summed E-state index contributed by atoms with van der Waals surface area (Å²) < 4.78 is 5.93. The first-order valence-electron chi connectivity index (χ1n) is 26.9. The minimum Gasteiger partial charge on any atom is -0.462 e. The maximum atomic E-state index is 13.2. The largest absolute Gasteiger partial charge is 0.462 e. The number of carbonyl (C=O) groups excluding carboxylic acids is 2. The first kappa shape index (κ1) is 58.6. The summed E-state index contributed by atoms with van der Waals surface area (Å²) in [6.45, 7) is 6.50. The van der Waals surface area contributed by atoms with Crippen molar-refractivity contribution in [2.75, 3.05) is 6.61 Å². The first-order valence-corrected chi connectivity index (χ1v) is 26.9. The molecule has 3 N–H and O–H groups in total. The van der Waals surface area contributed by atoms with Gasteiger partial charge in [-0.3, -0.25) is 9.59 Å². The van der Waals surface area contributed by atoms with Gasteiger partial charge in [-0.15, -0.1) is 0 Å². The van der Waals surface area contributed by atoms with Gasteiger partial charge >= 0.3 is 5.97 Å². The van der Waals surface area contributed by atoms with Crippen LogP contribution in [0.5, 0.6) is 0 Å². The van der Waals surface area contributed by atoms with E-state index < -0.39 is 18.2 Å². The lowest BCUT2D eigenvalue weighted by molar-refractivity contribution is -0.151. The predicted octanol–water partition coefficient (Wildman–Crippen LogP) is 16.1. The van der Waals surface area contributed by atoms with Crippen molar-refractivity contribution in [2.24, 2.45) is 0 Å². The molecule has 0 radical (unpaired) electrons. The summed E-state index contributed by atoms with van der Waals surface area (Å²) in [5.41, 5.74) is 0. The van der Waals surface area contributed by atoms with E-state index in [1.165, 1.54) is 199 Å². The quantitative estimate of drug-likeness (QED) is 0.0322. The van der Waals surface area contributed by atoms with Gasteiger partial charge in [0, 0.05) is 6.42 Å². The number of hydrogen-bond acceptors (Lipinski definition) is 5. The number of hydrogen-bond donors (Lipinski definition) is 3. The smallest absolute Gasteiger partial charge is 0.306 e. The van der Waals surface area contributed by atoms with Crippen LogP contribution in [0.4, 0.5) is 0 Å². The van der Waals surface area contributed by atoms with Crippen LogP contribution in [0.1, 0.15) is 297 Å². The number of unbranched alkanes of at least 4 members (excludes halogenated alkanes) is 35. The molecular weight excluding hydrogens is 743 g/mol. The van der Waals surface area contributed by atoms with E-state index in [4.69, 9.17) is 4.74 Å². The summed E-state index contributed by atoms with van der Waals surface area (Å²) in [6.07, 6.45) is 54.1. The van der Waals surface area contributed by atoms with Crippen LogP contribution in [0.25, 0.3) is 0 Å². The molecule has 356 valence electrons. The zero-order chi connectivity index (χ0) is 43.8. The highest BCUT2D eigenvalue weighted by atomic mass is 16.5. The van der Waals surface area contributed by atoms with Crippen LogP contribution in [0.15, 0.2) is 12.2 Å². The fraction of sp³-hybridized carbons (Fsp3) is 0.926. The number of aliphatic hydroxyl groups is 2. The summed E-state index contributed by atoms with van der Waals surface area (Å²) >= 11 is 0. The highest BCUT2D eigenvalue weighted by molar-refractivity contribution is 5.77. The Hall–Kier alpha value is -1.40. The van der Waals surface area contributed by atoms with E-state index in [1.807, 2.05) is 0 Å². The van der Waals surface area contributed by atoms with Crippen LogP contribution < -0.4 is 5.32 Å². The van der Waals surface area contributed by atoms with Gasteiger partial charge in [-0.1, -0.05) is 245 Å². The van der Waals surface area contributed by atoms with Crippen LogP contribution >= 0.6 is 0 Å². The summed E-state index contributed by atoms with van der Waals surface area (Å²) in [6, 6.07) is -0.698. The molecule has 0 aromatic heterocycles. The fourth-order valence-corrected chi connectivity index (χ4v) is 8.49. The van der Waals surface area contributed by atoms with Crippen molar-refractivity contribution >= 4 is 11.9 Å². The number of carbonyl (C=O) groups is 2. The van der Waals surface area contributed by atoms with Gasteiger partial charge in [0.1, 0.15) is 6.10 Å². The molecule has 0 aliphatic heterocycles. The van der Waals surface area contributed by atoms with Gasteiger partial charge in [0.05, 0.1) is 25.2 Å². The van der Waals surface area contributed by atoms with E-state index in [-0.39, 0.29) is 24.9 Å². The van der Waals surface area contributed by atoms with Crippen molar-refractivity contribution in [3.8, 4) is 0 Å². The molecule has 0 fully saturated rings. The summed E-state index contributed by atoms with van der Waals surface area (Å²) in [5, 5.41) is 23.8. The van der Waals surface area contributed by atoms with Gasteiger partial charge in [-0.2, -0.15) is 0 Å². The molecule has 0 aliphatic rings. The molecule has 3 unspecified atom stereocenters. The number of ether oxygens (including phenoxy) is 1. The van der Waals surface area contributed by atoms with Crippen LogP contribution in [0.3, 0.4) is 0 Å². The van der Waals surface area contributed by atoms with Gasteiger partial charge in [0.15, 0.2) is 0 Å². The monoisotopic (exact) mass is 848 g/mol. The number of esters is 1. The Balaban J connectivity index is 4.52. The fourth-order valence-electron chi connectivity index (χ4n) is 8.49. The normalized spacial score (nSPS) is 13.2. The summed E-state index contributed by atoms with van der Waals surface area (Å²) in [4.78, 5) is 26.1. The molecular formula is C54H105NO5. The molecule has 6 nitrogen and oxygen atoms in total. The molecule has 0 spiro atoms. The van der Waals surface area contributed by atoms with Gasteiger partial charge < -0.3 is 20.3 Å². The average molecular weight is 848 g/mol. The minimum absolute atomic E-state index is 0.0789. The lowest BCUT2D eigenvalue weighted by atomic mass is 10.0. The Bertz CT molecular complexity index is 909. The molecule has 0 saturated heterocycles. The molecule has 60 heavy (non-hydrogen) atoms. The van der Waals surface area contributed by atoms with Crippen molar-refractivity contribution in [3.05, 3.63) is 12.2 Å². The second-order valence-electron chi connectivity index (χ2n) is 18.6. The van der Waals surface area contributed by atoms with Crippen LogP contribution in [-0.2, 0) is 14.3 Å². The standard InChI is InChI=1S/C54H105NO5/c1-4-7-10-13-16-19-22-25-26-29-31-34-37-40-43-46-52(57)51(49-56)55-53(58)48-50(45-42-39-36-33-30-27-23-20-17-14-11-8-5-2)60-54(59)47-44-41-38-35-32-28-24-21-18-15-12-9-6-3/h28,32,50-52,56-57H,4-27,29-31,33-49H2,1-3H3,(H,55,58)/b32-28-. The van der Waals surface area contributed by atoms with Crippen LogP contribution in [-0.4, -0.2) is 46.9 Å². The maximum absolute atomic E-state index is 13.2. The third kappa shape index (κ3) is 43.3. The molecule has 0 aromatic rings. The molecule has 6 heteroatoms. The number of aliphatic hydroxyl groups excluding tert-OH is 2. The molecule has 1 amide bonds. The highest BCUT2D eigenvalue weighted by Gasteiger charge is 2.24. The molecule has 0 bridgehead atoms. The van der Waals surface area contributed by atoms with Crippen molar-refractivity contribution in [2.45, 2.75) is 315 Å². The summed E-state index contributed by atoms with van der Waals surface area (Å²) in [5.74, 6) is -0.474. The van der Waals surface area contributed by atoms with E-state index in [1.54, 1.807) is 0 Å². The molecule has 3 atom stereocenters. The molecule has 0 rings (SSSR count). The maximum Gasteiger partial charge on any atom is 0.306 e. The highest BCUT2D eigenvalue weighted by Crippen LogP contribution is 2.18. The average Bonchev–Trinajstić information content (AvgIpc) is 3.24. The van der Waals surface area contributed by atoms with E-state index in [0.29, 0.717) is 19.3 Å². The SMILES string of the molecule is CCCCCCCC/C=C\CCCCCC(=O)OC(CCCCCCCCCCCCCCC)CC(=O)NC(CO)C(O)CCCCCCCCCCCCCCCCC. The van der Waals surface area contributed by atoms with Crippen molar-refractivity contribution in [1.29, 1.82) is 0 Å². The lowest BCUT2D eigenvalue weighted by Crippen LogP contribution is -2.46. The van der Waals surface area contributed by atoms with Gasteiger partial charge in [0.25, 0.3) is 0 Å². The Labute approximate surface area is 374 Å². The van der Waals surface area contributed by atoms with Gasteiger partial charge in [-0.25, -0.2) is 0 Å². The molecule has 0 aromatic carbocycles. The number of amides is 1. The minimum atomic E-state index is -0.784. The summed E-state index contributed by atoms with van der Waals surface area (Å²) in [7, 11) is 0. The molecule has 0 saturated carbocycles. The zero-order valence-electron chi connectivity index (χ0n) is 40.6. The van der Waals surface area contributed by atoms with E-state index in [0.717, 1.165) is 51.4 Å². The zero-order valence-corrected chi connectivity index (χ0v) is 40.6. The predicted molar refractivity (Wildman–Crippen MR) is 260 cm³/mol. The van der Waals surface area contributed by atoms with E-state index >= 15 is 0 Å². The van der Waals surface area contributed by atoms with Gasteiger partial charge in [0.2, 0.25) is 5.91 Å². The number of nitrogens with one attached hydrogen (secondary N) is 1. The van der Waals surface area contributed by atoms with Crippen LogP contribution in [0, 0.1) is 0 Å². The van der Waals surface area contributed by atoms with Crippen LogP contribution in [0.2, 0.25) is 0 Å². The number of allylic oxidation sites excluding steroid dienone is 2. The topological polar surface area (TPSA) is 95.9 Å². The third-order valence-electron chi connectivity index (χ3n) is 12.6. The Kier molecular flexibility index (Phi) is 47.5. The van der Waals surface area contributed by atoms with E-state index in [9.17, 15) is 19.8 Å². The Morgan fingerprint density at radius 3 is 1.18 bits per heavy atom. The third-order valence-corrected chi connectivity index (χ3v) is 12.6. The van der Waals surface area contributed by atoms with Crippen molar-refractivity contribution < 1.29 is 24.5 Å². The Morgan fingerprint density at radius 1 is 0.467 bits per heavy atom. The second kappa shape index (κ2) is 48.6. The number of rotatable bonds is 49. The van der Waals surface area contributed by atoms with Gasteiger partial charge in [-0.05, 0) is 51.4 Å². The van der Waals surface area contributed by atoms with Crippen molar-refractivity contribution in [1.82, 2.24) is 5.32 Å².